The lowest BCUT2D eigenvalue weighted by atomic mass is 10.0. The number of amides is 1. The van der Waals surface area contributed by atoms with Crippen LogP contribution in [0.1, 0.15) is 15.9 Å². The highest BCUT2D eigenvalue weighted by molar-refractivity contribution is 9.10. The van der Waals surface area contributed by atoms with Gasteiger partial charge in [0.1, 0.15) is 5.75 Å². The second kappa shape index (κ2) is 10.6. The Morgan fingerprint density at radius 1 is 1.13 bits per heavy atom. The number of anilines is 1. The molecule has 0 aromatic heterocycles. The summed E-state index contributed by atoms with van der Waals surface area (Å²) in [5, 5.41) is 2.59. The summed E-state index contributed by atoms with van der Waals surface area (Å²) in [5.74, 6) is -0.779. The van der Waals surface area contributed by atoms with Gasteiger partial charge in [-0.1, -0.05) is 28.1 Å². The third-order valence-corrected chi connectivity index (χ3v) is 5.07. The van der Waals surface area contributed by atoms with Gasteiger partial charge in [0.25, 0.3) is 0 Å². The lowest BCUT2D eigenvalue weighted by Crippen LogP contribution is -2.41. The first-order valence-corrected chi connectivity index (χ1v) is 10.2. The van der Waals surface area contributed by atoms with E-state index < -0.39 is 6.61 Å². The minimum absolute atomic E-state index is 0.0372. The first-order chi connectivity index (χ1) is 14.4. The Morgan fingerprint density at radius 2 is 1.83 bits per heavy atom. The molecular formula is C21H21BrF2N2O4. The molecule has 160 valence electrons. The van der Waals surface area contributed by atoms with Gasteiger partial charge < -0.3 is 14.8 Å². The number of carbonyl (C=O) groups excluding carboxylic acids is 2. The van der Waals surface area contributed by atoms with Crippen LogP contribution < -0.4 is 10.1 Å². The average molecular weight is 483 g/mol. The summed E-state index contributed by atoms with van der Waals surface area (Å²) in [5.41, 5.74) is 1.14. The lowest BCUT2D eigenvalue weighted by molar-refractivity contribution is -0.118. The van der Waals surface area contributed by atoms with E-state index in [4.69, 9.17) is 4.74 Å². The van der Waals surface area contributed by atoms with Crippen LogP contribution in [0.25, 0.3) is 0 Å². The molecule has 1 aliphatic heterocycles. The van der Waals surface area contributed by atoms with Gasteiger partial charge in [-0.2, -0.15) is 8.78 Å². The molecule has 1 amide bonds. The maximum atomic E-state index is 12.8. The topological polar surface area (TPSA) is 67.9 Å². The molecule has 0 radical (unpaired) electrons. The third-order valence-electron chi connectivity index (χ3n) is 4.54. The number of hydrogen-bond acceptors (Lipinski definition) is 5. The molecule has 0 spiro atoms. The molecule has 2 aromatic rings. The van der Waals surface area contributed by atoms with Gasteiger partial charge in [-0.15, -0.1) is 0 Å². The fourth-order valence-electron chi connectivity index (χ4n) is 3.04. The van der Waals surface area contributed by atoms with Gasteiger partial charge in [0.2, 0.25) is 5.91 Å². The van der Waals surface area contributed by atoms with E-state index in [-0.39, 0.29) is 36.1 Å². The van der Waals surface area contributed by atoms with Crippen molar-refractivity contribution in [3.05, 3.63) is 58.1 Å². The molecular weight excluding hydrogens is 462 g/mol. The normalized spacial score (nSPS) is 14.5. The van der Waals surface area contributed by atoms with E-state index in [9.17, 15) is 18.4 Å². The first kappa shape index (κ1) is 22.3. The highest BCUT2D eigenvalue weighted by atomic mass is 79.9. The van der Waals surface area contributed by atoms with Gasteiger partial charge in [-0.05, 0) is 35.9 Å². The standard InChI is InChI=1S/C21H21BrF2N2O4/c22-16-4-1-14(2-5-16)11-18(27)15-3-6-19(30-21(23)24)17(12-15)25-20(28)13-26-7-9-29-10-8-26/h1-6,12,21H,7-11,13H2,(H,25,28). The van der Waals surface area contributed by atoms with Gasteiger partial charge >= 0.3 is 6.61 Å². The van der Waals surface area contributed by atoms with E-state index in [0.29, 0.717) is 31.9 Å². The zero-order chi connectivity index (χ0) is 21.5. The van der Waals surface area contributed by atoms with Crippen LogP contribution in [0, 0.1) is 0 Å². The maximum absolute atomic E-state index is 12.8. The molecule has 0 saturated carbocycles. The quantitative estimate of drug-likeness (QED) is 0.580. The van der Waals surface area contributed by atoms with Crippen LogP contribution in [0.2, 0.25) is 0 Å². The minimum Gasteiger partial charge on any atom is -0.433 e. The molecule has 3 rings (SSSR count). The van der Waals surface area contributed by atoms with Crippen LogP contribution in [-0.2, 0) is 16.0 Å². The van der Waals surface area contributed by atoms with Gasteiger partial charge in [0, 0.05) is 29.5 Å². The van der Waals surface area contributed by atoms with Crippen molar-refractivity contribution in [2.45, 2.75) is 13.0 Å². The molecule has 6 nitrogen and oxygen atoms in total. The van der Waals surface area contributed by atoms with Crippen molar-refractivity contribution in [2.24, 2.45) is 0 Å². The zero-order valence-electron chi connectivity index (χ0n) is 16.1. The molecule has 0 unspecified atom stereocenters. The Balaban J connectivity index is 1.74. The molecule has 0 aliphatic carbocycles. The molecule has 30 heavy (non-hydrogen) atoms. The first-order valence-electron chi connectivity index (χ1n) is 9.37. The number of rotatable bonds is 8. The van der Waals surface area contributed by atoms with Crippen LogP contribution >= 0.6 is 15.9 Å². The number of ether oxygens (including phenoxy) is 2. The van der Waals surface area contributed by atoms with Gasteiger partial charge in [-0.25, -0.2) is 0 Å². The number of Topliss-reactive ketones (excluding diaryl/α,β-unsaturated/α-hetero) is 1. The monoisotopic (exact) mass is 482 g/mol. The Bertz CT molecular complexity index is 887. The van der Waals surface area contributed by atoms with E-state index in [2.05, 4.69) is 26.0 Å². The van der Waals surface area contributed by atoms with Crippen molar-refractivity contribution >= 4 is 33.3 Å². The minimum atomic E-state index is -3.05. The maximum Gasteiger partial charge on any atom is 0.387 e. The van der Waals surface area contributed by atoms with E-state index in [1.165, 1.54) is 18.2 Å². The number of alkyl halides is 2. The molecule has 1 aliphatic rings. The highest BCUT2D eigenvalue weighted by Crippen LogP contribution is 2.28. The molecule has 2 aromatic carbocycles. The fraction of sp³-hybridized carbons (Fsp3) is 0.333. The Labute approximate surface area is 181 Å². The summed E-state index contributed by atoms with van der Waals surface area (Å²) >= 11 is 3.34. The van der Waals surface area contributed by atoms with Crippen molar-refractivity contribution < 1.29 is 27.8 Å². The van der Waals surface area contributed by atoms with Crippen LogP contribution in [0.15, 0.2) is 46.9 Å². The number of ketones is 1. The summed E-state index contributed by atoms with van der Waals surface area (Å²) in [4.78, 5) is 26.9. The van der Waals surface area contributed by atoms with Crippen molar-refractivity contribution in [2.75, 3.05) is 38.2 Å². The average Bonchev–Trinajstić information content (AvgIpc) is 2.71. The molecule has 1 saturated heterocycles. The second-order valence-corrected chi connectivity index (χ2v) is 7.67. The van der Waals surface area contributed by atoms with Crippen LogP contribution in [-0.4, -0.2) is 56.0 Å². The number of nitrogens with zero attached hydrogens (tertiary/aromatic N) is 1. The van der Waals surface area contributed by atoms with Crippen molar-refractivity contribution in [3.8, 4) is 5.75 Å². The number of carbonyl (C=O) groups is 2. The SMILES string of the molecule is O=C(CN1CCOCC1)Nc1cc(C(=O)Cc2ccc(Br)cc2)ccc1OC(F)F. The van der Waals surface area contributed by atoms with Crippen molar-refractivity contribution in [1.29, 1.82) is 0 Å². The Hall–Kier alpha value is -2.36. The number of benzene rings is 2. The summed E-state index contributed by atoms with van der Waals surface area (Å²) < 4.78 is 36.2. The molecule has 1 N–H and O–H groups in total. The molecule has 0 bridgehead atoms. The van der Waals surface area contributed by atoms with Crippen molar-refractivity contribution in [3.63, 3.8) is 0 Å². The largest absolute Gasteiger partial charge is 0.433 e. The summed E-state index contributed by atoms with van der Waals surface area (Å²) in [7, 11) is 0. The summed E-state index contributed by atoms with van der Waals surface area (Å²) in [6.07, 6.45) is 0.142. The predicted molar refractivity (Wildman–Crippen MR) is 111 cm³/mol. The number of hydrogen-bond donors (Lipinski definition) is 1. The number of morpholine rings is 1. The van der Waals surface area contributed by atoms with Gasteiger partial charge in [-0.3, -0.25) is 14.5 Å². The number of nitrogens with one attached hydrogen (secondary N) is 1. The second-order valence-electron chi connectivity index (χ2n) is 6.75. The smallest absolute Gasteiger partial charge is 0.387 e. The third kappa shape index (κ3) is 6.58. The van der Waals surface area contributed by atoms with E-state index in [1.54, 1.807) is 0 Å². The van der Waals surface area contributed by atoms with E-state index in [0.717, 1.165) is 10.0 Å². The fourth-order valence-corrected chi connectivity index (χ4v) is 3.31. The van der Waals surface area contributed by atoms with Crippen LogP contribution in [0.3, 0.4) is 0 Å². The zero-order valence-corrected chi connectivity index (χ0v) is 17.7. The van der Waals surface area contributed by atoms with Gasteiger partial charge in [0.15, 0.2) is 5.78 Å². The number of halogens is 3. The Kier molecular flexibility index (Phi) is 7.89. The molecule has 1 heterocycles. The Morgan fingerprint density at radius 3 is 2.50 bits per heavy atom. The lowest BCUT2D eigenvalue weighted by Gasteiger charge is -2.26. The van der Waals surface area contributed by atoms with E-state index >= 15 is 0 Å². The molecule has 1 fully saturated rings. The van der Waals surface area contributed by atoms with Crippen molar-refractivity contribution in [1.82, 2.24) is 4.90 Å². The summed E-state index contributed by atoms with van der Waals surface area (Å²) in [6.45, 7) is -0.669. The van der Waals surface area contributed by atoms with E-state index in [1.807, 2.05) is 29.2 Å². The van der Waals surface area contributed by atoms with Gasteiger partial charge in [0.05, 0.1) is 25.4 Å². The van der Waals surface area contributed by atoms with Crippen LogP contribution in [0.5, 0.6) is 5.75 Å². The highest BCUT2D eigenvalue weighted by Gasteiger charge is 2.18. The predicted octanol–water partition coefficient (Wildman–Crippen LogP) is 3.75. The molecule has 0 atom stereocenters. The van der Waals surface area contributed by atoms with Crippen LogP contribution in [0.4, 0.5) is 14.5 Å². The summed E-state index contributed by atoms with van der Waals surface area (Å²) in [6, 6.07) is 11.4. The molecule has 9 heteroatoms.